The molecule has 16 heavy (non-hydrogen) atoms. The fourth-order valence-corrected chi connectivity index (χ4v) is 4.12. The van der Waals surface area contributed by atoms with Crippen LogP contribution in [-0.2, 0) is 9.47 Å². The maximum Gasteiger partial charge on any atom is 0.0826 e. The maximum absolute atomic E-state index is 10.8. The zero-order chi connectivity index (χ0) is 11.8. The lowest BCUT2D eigenvalue weighted by Gasteiger charge is -2.38. The quantitative estimate of drug-likeness (QED) is 0.811. The average molecular weight is 293 g/mol. The number of hydrogen-bond donors (Lipinski definition) is 1. The molecule has 2 rings (SSSR count). The Morgan fingerprint density at radius 2 is 1.62 bits per heavy atom. The van der Waals surface area contributed by atoms with Gasteiger partial charge in [-0.05, 0) is 32.1 Å². The Labute approximate surface area is 106 Å². The summed E-state index contributed by atoms with van der Waals surface area (Å²) >= 11 is 3.78. The molecule has 94 valence electrons. The fraction of sp³-hybridized carbons (Fsp3) is 1.00. The van der Waals surface area contributed by atoms with Gasteiger partial charge in [0.2, 0.25) is 0 Å². The predicted octanol–water partition coefficient (Wildman–Crippen LogP) is 2.25. The first-order valence-corrected chi connectivity index (χ1v) is 6.79. The standard InChI is InChI=1S/C12H21BrO3/c1-15-9-3-5-11(13,7-9)12(14)6-4-10(8-12)16-2/h9-10,14H,3-8H2,1-2H3. The molecule has 0 bridgehead atoms. The lowest BCUT2D eigenvalue weighted by molar-refractivity contribution is -0.0123. The van der Waals surface area contributed by atoms with Crippen molar-refractivity contribution in [2.24, 2.45) is 0 Å². The number of rotatable bonds is 3. The fourth-order valence-electron chi connectivity index (χ4n) is 3.17. The molecule has 0 radical (unpaired) electrons. The zero-order valence-corrected chi connectivity index (χ0v) is 11.6. The first kappa shape index (κ1) is 12.8. The third-order valence-corrected chi connectivity index (χ3v) is 5.82. The van der Waals surface area contributed by atoms with Crippen LogP contribution < -0.4 is 0 Å². The highest BCUT2D eigenvalue weighted by molar-refractivity contribution is 9.10. The van der Waals surface area contributed by atoms with Crippen LogP contribution in [0.5, 0.6) is 0 Å². The molecule has 3 nitrogen and oxygen atoms in total. The lowest BCUT2D eigenvalue weighted by atomic mass is 9.84. The van der Waals surface area contributed by atoms with Crippen molar-refractivity contribution in [2.75, 3.05) is 14.2 Å². The summed E-state index contributed by atoms with van der Waals surface area (Å²) in [6.45, 7) is 0. The Balaban J connectivity index is 2.06. The molecule has 2 aliphatic carbocycles. The topological polar surface area (TPSA) is 38.7 Å². The molecular weight excluding hydrogens is 272 g/mol. The third kappa shape index (κ3) is 2.05. The summed E-state index contributed by atoms with van der Waals surface area (Å²) in [6.07, 6.45) is 5.93. The van der Waals surface area contributed by atoms with Crippen molar-refractivity contribution in [3.63, 3.8) is 0 Å². The Kier molecular flexibility index (Phi) is 3.65. The third-order valence-electron chi connectivity index (χ3n) is 4.36. The number of aliphatic hydroxyl groups is 1. The number of ether oxygens (including phenoxy) is 2. The van der Waals surface area contributed by atoms with Gasteiger partial charge in [0, 0.05) is 20.6 Å². The Bertz CT molecular complexity index is 235. The molecule has 4 unspecified atom stereocenters. The van der Waals surface area contributed by atoms with Crippen LogP contribution in [0.15, 0.2) is 0 Å². The molecule has 0 amide bonds. The molecule has 4 atom stereocenters. The van der Waals surface area contributed by atoms with Gasteiger partial charge in [0.1, 0.15) is 0 Å². The Morgan fingerprint density at radius 1 is 1.06 bits per heavy atom. The van der Waals surface area contributed by atoms with E-state index in [2.05, 4.69) is 15.9 Å². The van der Waals surface area contributed by atoms with Gasteiger partial charge in [0.15, 0.2) is 0 Å². The highest BCUT2D eigenvalue weighted by atomic mass is 79.9. The van der Waals surface area contributed by atoms with Crippen molar-refractivity contribution in [1.82, 2.24) is 0 Å². The van der Waals surface area contributed by atoms with Crippen molar-refractivity contribution >= 4 is 15.9 Å². The van der Waals surface area contributed by atoms with Gasteiger partial charge >= 0.3 is 0 Å². The minimum Gasteiger partial charge on any atom is -0.388 e. The monoisotopic (exact) mass is 292 g/mol. The zero-order valence-electron chi connectivity index (χ0n) is 10.0. The minimum absolute atomic E-state index is 0.173. The van der Waals surface area contributed by atoms with Crippen molar-refractivity contribution < 1.29 is 14.6 Å². The second-order valence-corrected chi connectivity index (χ2v) is 6.72. The number of hydrogen-bond acceptors (Lipinski definition) is 3. The van der Waals surface area contributed by atoms with Crippen LogP contribution in [0.2, 0.25) is 0 Å². The molecule has 1 N–H and O–H groups in total. The van der Waals surface area contributed by atoms with Gasteiger partial charge in [-0.1, -0.05) is 15.9 Å². The highest BCUT2D eigenvalue weighted by Gasteiger charge is 2.55. The Morgan fingerprint density at radius 3 is 2.12 bits per heavy atom. The van der Waals surface area contributed by atoms with Gasteiger partial charge in [-0.25, -0.2) is 0 Å². The van der Waals surface area contributed by atoms with Gasteiger partial charge in [-0.2, -0.15) is 0 Å². The summed E-state index contributed by atoms with van der Waals surface area (Å²) in [5.74, 6) is 0. The van der Waals surface area contributed by atoms with E-state index in [1.807, 2.05) is 0 Å². The van der Waals surface area contributed by atoms with Gasteiger partial charge in [0.25, 0.3) is 0 Å². The Hall–Kier alpha value is 0.360. The van der Waals surface area contributed by atoms with E-state index in [4.69, 9.17) is 9.47 Å². The molecular formula is C12H21BrO3. The molecule has 0 aromatic rings. The van der Waals surface area contributed by atoms with Crippen molar-refractivity contribution in [3.05, 3.63) is 0 Å². The first-order chi connectivity index (χ1) is 7.53. The number of alkyl halides is 1. The van der Waals surface area contributed by atoms with Gasteiger partial charge < -0.3 is 14.6 Å². The van der Waals surface area contributed by atoms with Gasteiger partial charge in [0.05, 0.1) is 22.1 Å². The van der Waals surface area contributed by atoms with Crippen LogP contribution in [0.1, 0.15) is 38.5 Å². The summed E-state index contributed by atoms with van der Waals surface area (Å²) in [7, 11) is 3.48. The van der Waals surface area contributed by atoms with E-state index in [0.717, 1.165) is 38.5 Å². The average Bonchev–Trinajstić information content (AvgIpc) is 2.84. The van der Waals surface area contributed by atoms with Crippen LogP contribution >= 0.6 is 15.9 Å². The van der Waals surface area contributed by atoms with E-state index in [1.165, 1.54) is 0 Å². The van der Waals surface area contributed by atoms with Crippen LogP contribution in [0.3, 0.4) is 0 Å². The molecule has 2 fully saturated rings. The molecule has 0 saturated heterocycles. The van der Waals surface area contributed by atoms with Crippen LogP contribution in [-0.4, -0.2) is 41.5 Å². The van der Waals surface area contributed by atoms with Crippen molar-refractivity contribution in [1.29, 1.82) is 0 Å². The summed E-state index contributed by atoms with van der Waals surface area (Å²) in [6, 6.07) is 0. The largest absolute Gasteiger partial charge is 0.388 e. The van der Waals surface area contributed by atoms with E-state index >= 15 is 0 Å². The van der Waals surface area contributed by atoms with Gasteiger partial charge in [-0.15, -0.1) is 0 Å². The predicted molar refractivity (Wildman–Crippen MR) is 65.9 cm³/mol. The highest BCUT2D eigenvalue weighted by Crippen LogP contribution is 2.53. The molecule has 0 spiro atoms. The van der Waals surface area contributed by atoms with Crippen molar-refractivity contribution in [2.45, 2.75) is 60.7 Å². The van der Waals surface area contributed by atoms with E-state index in [-0.39, 0.29) is 16.5 Å². The SMILES string of the molecule is COC1CCC(O)(C2(Br)CCC(OC)C2)C1. The molecule has 0 aliphatic heterocycles. The summed E-state index contributed by atoms with van der Waals surface area (Å²) in [5.41, 5.74) is -0.624. The molecule has 4 heteroatoms. The first-order valence-electron chi connectivity index (χ1n) is 6.00. The normalized spacial score (nSPS) is 48.8. The molecule has 0 heterocycles. The smallest absolute Gasteiger partial charge is 0.0826 e. The summed E-state index contributed by atoms with van der Waals surface area (Å²) in [4.78, 5) is 0. The lowest BCUT2D eigenvalue weighted by Crippen LogP contribution is -2.47. The van der Waals surface area contributed by atoms with E-state index in [1.54, 1.807) is 14.2 Å². The van der Waals surface area contributed by atoms with Crippen LogP contribution in [0, 0.1) is 0 Å². The van der Waals surface area contributed by atoms with Crippen LogP contribution in [0.4, 0.5) is 0 Å². The summed E-state index contributed by atoms with van der Waals surface area (Å²) in [5, 5.41) is 10.8. The second-order valence-electron chi connectivity index (χ2n) is 5.20. The molecule has 0 aromatic heterocycles. The van der Waals surface area contributed by atoms with E-state index < -0.39 is 5.60 Å². The maximum atomic E-state index is 10.8. The van der Waals surface area contributed by atoms with E-state index in [0.29, 0.717) is 0 Å². The molecule has 2 saturated carbocycles. The number of methoxy groups -OCH3 is 2. The van der Waals surface area contributed by atoms with Gasteiger partial charge in [-0.3, -0.25) is 0 Å². The van der Waals surface area contributed by atoms with Crippen molar-refractivity contribution in [3.8, 4) is 0 Å². The molecule has 2 aliphatic rings. The van der Waals surface area contributed by atoms with E-state index in [9.17, 15) is 5.11 Å². The molecule has 0 aromatic carbocycles. The minimum atomic E-state index is -0.624. The van der Waals surface area contributed by atoms with Crippen LogP contribution in [0.25, 0.3) is 0 Å². The number of halogens is 1. The second kappa shape index (κ2) is 4.56. The summed E-state index contributed by atoms with van der Waals surface area (Å²) < 4.78 is 10.6.